The molecule has 17 heavy (non-hydrogen) atoms. The summed E-state index contributed by atoms with van der Waals surface area (Å²) >= 11 is 0. The van der Waals surface area contributed by atoms with E-state index in [1.165, 1.54) is 23.1 Å². The Morgan fingerprint density at radius 3 is 2.82 bits per heavy atom. The second kappa shape index (κ2) is 4.00. The lowest BCUT2D eigenvalue weighted by atomic mass is 10.1. The van der Waals surface area contributed by atoms with Gasteiger partial charge in [0.1, 0.15) is 17.9 Å². The number of nitrogens with two attached hydrogens (primary N) is 1. The van der Waals surface area contributed by atoms with Gasteiger partial charge in [0.25, 0.3) is 5.56 Å². The monoisotopic (exact) mass is 238 g/mol. The molecule has 0 saturated carbocycles. The van der Waals surface area contributed by atoms with Gasteiger partial charge in [0.15, 0.2) is 6.10 Å². The predicted molar refractivity (Wildman–Crippen MR) is 56.0 cm³/mol. The first-order valence-electron chi connectivity index (χ1n) is 4.72. The Bertz CT molecular complexity index is 617. The van der Waals surface area contributed by atoms with Crippen LogP contribution in [0.2, 0.25) is 0 Å². The maximum Gasteiger partial charge on any atom is 0.275 e. The number of amides is 1. The predicted octanol–water partition coefficient (Wildman–Crippen LogP) is -2.10. The number of aliphatic hydroxyl groups is 2. The van der Waals surface area contributed by atoms with Gasteiger partial charge in [0.05, 0.1) is 0 Å². The molecule has 0 bridgehead atoms. The van der Waals surface area contributed by atoms with Gasteiger partial charge in [0, 0.05) is 11.8 Å². The molecule has 0 aliphatic rings. The van der Waals surface area contributed by atoms with Gasteiger partial charge < -0.3 is 20.9 Å². The summed E-state index contributed by atoms with van der Waals surface area (Å²) in [5.74, 6) is -1.05. The molecule has 0 saturated heterocycles. The van der Waals surface area contributed by atoms with Gasteiger partial charge in [-0.25, -0.2) is 4.52 Å². The van der Waals surface area contributed by atoms with E-state index in [0.717, 1.165) is 0 Å². The van der Waals surface area contributed by atoms with Gasteiger partial charge >= 0.3 is 0 Å². The second-order valence-electron chi connectivity index (χ2n) is 3.51. The largest absolute Gasteiger partial charge is 0.385 e. The van der Waals surface area contributed by atoms with Crippen molar-refractivity contribution in [1.29, 1.82) is 0 Å². The lowest BCUT2D eigenvalue weighted by Crippen LogP contribution is -2.33. The molecule has 5 N–H and O–H groups in total. The molecule has 0 fully saturated rings. The van der Waals surface area contributed by atoms with Crippen LogP contribution in [0.5, 0.6) is 0 Å². The Labute approximate surface area is 94.3 Å². The Kier molecular flexibility index (Phi) is 2.66. The van der Waals surface area contributed by atoms with E-state index in [9.17, 15) is 19.8 Å². The number of hydrogen-bond acceptors (Lipinski definition) is 5. The number of nitrogens with zero attached hydrogens (tertiary/aromatic N) is 2. The first-order chi connectivity index (χ1) is 8.00. The highest BCUT2D eigenvalue weighted by atomic mass is 16.3. The maximum absolute atomic E-state index is 11.4. The molecule has 90 valence electrons. The number of fused-ring (bicyclic) bond motifs is 1. The molecule has 0 aliphatic heterocycles. The van der Waals surface area contributed by atoms with E-state index in [0.29, 0.717) is 0 Å². The molecule has 1 amide bonds. The summed E-state index contributed by atoms with van der Waals surface area (Å²) in [7, 11) is 0. The lowest BCUT2D eigenvalue weighted by molar-refractivity contribution is -0.131. The average molecular weight is 238 g/mol. The third kappa shape index (κ3) is 1.90. The minimum Gasteiger partial charge on any atom is -0.385 e. The Morgan fingerprint density at radius 2 is 2.24 bits per heavy atom. The zero-order valence-corrected chi connectivity index (χ0v) is 8.57. The number of nitrogens with one attached hydrogen (secondary N) is 1. The molecule has 2 aromatic heterocycles. The number of carbonyl (C=O) groups excluding carboxylic acids is 1. The van der Waals surface area contributed by atoms with Crippen LogP contribution in [0.3, 0.4) is 0 Å². The van der Waals surface area contributed by atoms with Crippen LogP contribution >= 0.6 is 0 Å². The summed E-state index contributed by atoms with van der Waals surface area (Å²) in [4.78, 5) is 24.4. The van der Waals surface area contributed by atoms with Crippen LogP contribution in [-0.4, -0.2) is 36.8 Å². The molecule has 8 heteroatoms. The van der Waals surface area contributed by atoms with Gasteiger partial charge in [-0.3, -0.25) is 9.59 Å². The van der Waals surface area contributed by atoms with Crippen LogP contribution in [0.15, 0.2) is 23.4 Å². The Hall–Kier alpha value is -2.19. The van der Waals surface area contributed by atoms with E-state index >= 15 is 0 Å². The SMILES string of the molecule is NC(=O)C(O)C(O)c1cc2c(=O)[nH]cnn2c1. The first-order valence-corrected chi connectivity index (χ1v) is 4.72. The van der Waals surface area contributed by atoms with Gasteiger partial charge in [-0.15, -0.1) is 0 Å². The number of hydrogen-bond donors (Lipinski definition) is 4. The third-order valence-corrected chi connectivity index (χ3v) is 2.36. The van der Waals surface area contributed by atoms with E-state index in [-0.39, 0.29) is 11.1 Å². The van der Waals surface area contributed by atoms with Crippen LogP contribution in [-0.2, 0) is 4.79 Å². The molecule has 2 heterocycles. The molecule has 0 aromatic carbocycles. The van der Waals surface area contributed by atoms with Crippen molar-refractivity contribution in [3.05, 3.63) is 34.5 Å². The zero-order chi connectivity index (χ0) is 12.6. The van der Waals surface area contributed by atoms with E-state index in [2.05, 4.69) is 10.1 Å². The highest BCUT2D eigenvalue weighted by Crippen LogP contribution is 2.18. The maximum atomic E-state index is 11.4. The van der Waals surface area contributed by atoms with Crippen LogP contribution in [0.4, 0.5) is 0 Å². The first kappa shape index (κ1) is 11.3. The lowest BCUT2D eigenvalue weighted by Gasteiger charge is -2.12. The van der Waals surface area contributed by atoms with Crippen molar-refractivity contribution in [1.82, 2.24) is 14.6 Å². The Morgan fingerprint density at radius 1 is 1.53 bits per heavy atom. The van der Waals surface area contributed by atoms with Crippen LogP contribution < -0.4 is 11.3 Å². The molecule has 2 rings (SSSR count). The normalized spacial score (nSPS) is 14.7. The summed E-state index contributed by atoms with van der Waals surface area (Å²) in [6, 6.07) is 1.32. The van der Waals surface area contributed by atoms with Gasteiger partial charge in [-0.2, -0.15) is 5.10 Å². The number of primary amides is 1. The number of aromatic nitrogens is 3. The number of aromatic amines is 1. The van der Waals surface area contributed by atoms with Crippen molar-refractivity contribution >= 4 is 11.4 Å². The van der Waals surface area contributed by atoms with E-state index in [1.54, 1.807) is 0 Å². The summed E-state index contributed by atoms with van der Waals surface area (Å²) in [5, 5.41) is 22.8. The van der Waals surface area contributed by atoms with Gasteiger partial charge in [0.2, 0.25) is 5.91 Å². The summed E-state index contributed by atoms with van der Waals surface area (Å²) in [6.07, 6.45) is -0.697. The molecule has 2 atom stereocenters. The topological polar surface area (TPSA) is 134 Å². The quantitative estimate of drug-likeness (QED) is 0.486. The average Bonchev–Trinajstić information content (AvgIpc) is 2.72. The highest BCUT2D eigenvalue weighted by molar-refractivity contribution is 5.79. The van der Waals surface area contributed by atoms with Crippen LogP contribution in [0.1, 0.15) is 11.7 Å². The number of aliphatic hydroxyl groups excluding tert-OH is 2. The summed E-state index contributed by atoms with van der Waals surface area (Å²) in [6.45, 7) is 0. The molecule has 0 radical (unpaired) electrons. The molecule has 8 nitrogen and oxygen atoms in total. The van der Waals surface area contributed by atoms with E-state index in [4.69, 9.17) is 5.73 Å². The highest BCUT2D eigenvalue weighted by Gasteiger charge is 2.24. The van der Waals surface area contributed by atoms with Crippen molar-refractivity contribution in [2.24, 2.45) is 5.73 Å². The van der Waals surface area contributed by atoms with Crippen molar-refractivity contribution in [3.8, 4) is 0 Å². The van der Waals surface area contributed by atoms with Crippen molar-refractivity contribution < 1.29 is 15.0 Å². The van der Waals surface area contributed by atoms with Gasteiger partial charge in [-0.05, 0) is 6.07 Å². The molecule has 0 aliphatic carbocycles. The minimum atomic E-state index is -1.73. The number of H-pyrrole nitrogens is 1. The second-order valence-corrected chi connectivity index (χ2v) is 3.51. The minimum absolute atomic E-state index is 0.181. The number of rotatable bonds is 3. The summed E-state index contributed by atoms with van der Waals surface area (Å²) < 4.78 is 1.23. The fourth-order valence-corrected chi connectivity index (χ4v) is 1.46. The van der Waals surface area contributed by atoms with Crippen molar-refractivity contribution in [2.75, 3.05) is 0 Å². The smallest absolute Gasteiger partial charge is 0.275 e. The standard InChI is InChI=1S/C9H10N4O4/c10-8(16)7(15)6(14)4-1-5-9(17)11-3-12-13(5)2-4/h1-3,6-7,14-15H,(H2,10,16)(H,11,12,17). The van der Waals surface area contributed by atoms with Crippen LogP contribution in [0, 0.1) is 0 Å². The van der Waals surface area contributed by atoms with E-state index in [1.807, 2.05) is 0 Å². The van der Waals surface area contributed by atoms with Crippen molar-refractivity contribution in [3.63, 3.8) is 0 Å². The molecular weight excluding hydrogens is 228 g/mol. The zero-order valence-electron chi connectivity index (χ0n) is 8.57. The fraction of sp³-hybridized carbons (Fsp3) is 0.222. The molecule has 0 spiro atoms. The molecule has 2 aromatic rings. The summed E-state index contributed by atoms with van der Waals surface area (Å²) in [5.41, 5.74) is 4.84. The van der Waals surface area contributed by atoms with Gasteiger partial charge in [-0.1, -0.05) is 0 Å². The van der Waals surface area contributed by atoms with Crippen LogP contribution in [0.25, 0.3) is 5.52 Å². The molecular formula is C9H10N4O4. The number of carbonyl (C=O) groups is 1. The van der Waals surface area contributed by atoms with E-state index < -0.39 is 23.7 Å². The Balaban J connectivity index is 2.47. The fourth-order valence-electron chi connectivity index (χ4n) is 1.46. The van der Waals surface area contributed by atoms with Crippen molar-refractivity contribution in [2.45, 2.75) is 12.2 Å². The third-order valence-electron chi connectivity index (χ3n) is 2.36. The molecule has 2 unspecified atom stereocenters.